The maximum absolute atomic E-state index is 14.0. The van der Waals surface area contributed by atoms with Crippen LogP contribution in [0.25, 0.3) is 11.1 Å². The molecule has 2 N–H and O–H groups in total. The van der Waals surface area contributed by atoms with Crippen LogP contribution in [0, 0.1) is 17.0 Å². The predicted octanol–water partition coefficient (Wildman–Crippen LogP) is 3.60. The molecular weight excluding hydrogens is 416 g/mol. The molecule has 0 spiro atoms. The van der Waals surface area contributed by atoms with Gasteiger partial charge >= 0.3 is 0 Å². The summed E-state index contributed by atoms with van der Waals surface area (Å²) in [5, 5.41) is 12.9. The van der Waals surface area contributed by atoms with Gasteiger partial charge in [-0.05, 0) is 23.5 Å². The molecule has 0 bridgehead atoms. The Morgan fingerprint density at radius 2 is 1.78 bits per heavy atom. The number of carbonyl (C=O) groups excluding carboxylic acids is 2. The molecule has 2 aromatic rings. The predicted molar refractivity (Wildman–Crippen MR) is 116 cm³/mol. The highest BCUT2D eigenvalue weighted by Crippen LogP contribution is 2.28. The van der Waals surface area contributed by atoms with Crippen molar-refractivity contribution in [1.82, 2.24) is 15.2 Å². The maximum Gasteiger partial charge on any atom is 0.243 e. The van der Waals surface area contributed by atoms with E-state index in [0.717, 1.165) is 18.0 Å². The number of hydrogen-bond acceptors (Lipinski definition) is 4. The fourth-order valence-corrected chi connectivity index (χ4v) is 3.91. The number of carbonyl (C=O) groups is 2. The number of nitrogens with zero attached hydrogens (tertiary/aromatic N) is 2. The van der Waals surface area contributed by atoms with Crippen molar-refractivity contribution >= 4 is 11.8 Å². The third kappa shape index (κ3) is 5.48. The Morgan fingerprint density at radius 3 is 2.34 bits per heavy atom. The number of hydrogen-bond donors (Lipinski definition) is 2. The minimum Gasteiger partial charge on any atom is -0.391 e. The van der Waals surface area contributed by atoms with E-state index in [-0.39, 0.29) is 42.2 Å². The summed E-state index contributed by atoms with van der Waals surface area (Å²) in [6.07, 6.45) is 1.64. The lowest BCUT2D eigenvalue weighted by Crippen LogP contribution is -2.47. The highest BCUT2D eigenvalue weighted by atomic mass is 19.1. The van der Waals surface area contributed by atoms with Gasteiger partial charge in [0.1, 0.15) is 6.04 Å². The van der Waals surface area contributed by atoms with Crippen LogP contribution in [0.5, 0.6) is 0 Å². The molecule has 2 amide bonds. The number of pyridine rings is 1. The number of aliphatic hydroxyl groups excluding tert-OH is 1. The number of β-amino-alcohol motifs (C(OH)–C–C–N with tert-alkyl or cyclic N) is 1. The van der Waals surface area contributed by atoms with Crippen LogP contribution in [0.4, 0.5) is 8.78 Å². The standard InChI is InChI=1S/C24H29F2N3O3/c1-14(15-5-7-16(8-6-15)22-18(25)11-27-12-19(22)26)28-23(32)20-9-17(30)13-29(20)21(31)10-24(2,3)4/h5-8,11-12,14,17,20,30H,9-10,13H2,1-4H3,(H,28,32)/t14-,17+,20-/m0/s1. The SMILES string of the molecule is C[C@H](NC(=O)[C@@H]1C[C@@H](O)CN1C(=O)CC(C)(C)C)c1ccc(-c2c(F)cncc2F)cc1. The van der Waals surface area contributed by atoms with Crippen LogP contribution in [0.15, 0.2) is 36.7 Å². The molecule has 0 radical (unpaired) electrons. The van der Waals surface area contributed by atoms with Crippen LogP contribution < -0.4 is 5.32 Å². The van der Waals surface area contributed by atoms with Crippen LogP contribution in [0.1, 0.15) is 52.1 Å². The Hall–Kier alpha value is -2.87. The molecule has 1 aromatic carbocycles. The summed E-state index contributed by atoms with van der Waals surface area (Å²) in [6, 6.07) is 5.40. The Morgan fingerprint density at radius 1 is 1.19 bits per heavy atom. The first-order valence-electron chi connectivity index (χ1n) is 10.6. The molecule has 1 aliphatic rings. The van der Waals surface area contributed by atoms with Crippen molar-refractivity contribution in [3.8, 4) is 11.1 Å². The first-order chi connectivity index (χ1) is 15.0. The molecular formula is C24H29F2N3O3. The van der Waals surface area contributed by atoms with Gasteiger partial charge in [-0.15, -0.1) is 0 Å². The highest BCUT2D eigenvalue weighted by molar-refractivity contribution is 5.88. The number of halogens is 2. The van der Waals surface area contributed by atoms with Crippen molar-refractivity contribution < 1.29 is 23.5 Å². The van der Waals surface area contributed by atoms with Gasteiger partial charge in [0.2, 0.25) is 11.8 Å². The zero-order chi connectivity index (χ0) is 23.6. The van der Waals surface area contributed by atoms with Gasteiger partial charge in [-0.1, -0.05) is 45.0 Å². The largest absolute Gasteiger partial charge is 0.391 e. The second-order valence-corrected chi connectivity index (χ2v) is 9.52. The number of amides is 2. The number of benzene rings is 1. The van der Waals surface area contributed by atoms with E-state index in [1.165, 1.54) is 4.90 Å². The summed E-state index contributed by atoms with van der Waals surface area (Å²) in [5.74, 6) is -2.00. The molecule has 2 heterocycles. The van der Waals surface area contributed by atoms with E-state index in [4.69, 9.17) is 0 Å². The lowest BCUT2D eigenvalue weighted by atomic mass is 9.91. The van der Waals surface area contributed by atoms with Gasteiger partial charge in [0.15, 0.2) is 11.6 Å². The zero-order valence-electron chi connectivity index (χ0n) is 18.7. The van der Waals surface area contributed by atoms with Gasteiger partial charge in [0.25, 0.3) is 0 Å². The van der Waals surface area contributed by atoms with Crippen molar-refractivity contribution in [2.24, 2.45) is 5.41 Å². The summed E-state index contributed by atoms with van der Waals surface area (Å²) < 4.78 is 27.9. The summed E-state index contributed by atoms with van der Waals surface area (Å²) in [5.41, 5.74) is 0.718. The summed E-state index contributed by atoms with van der Waals surface area (Å²) in [4.78, 5) is 30.5. The molecule has 6 nitrogen and oxygen atoms in total. The van der Waals surface area contributed by atoms with Crippen molar-refractivity contribution in [3.63, 3.8) is 0 Å². The van der Waals surface area contributed by atoms with Crippen molar-refractivity contribution in [2.75, 3.05) is 6.54 Å². The van der Waals surface area contributed by atoms with E-state index >= 15 is 0 Å². The Labute approximate surface area is 186 Å². The Bertz CT molecular complexity index is 969. The minimum atomic E-state index is -0.751. The molecule has 1 fully saturated rings. The highest BCUT2D eigenvalue weighted by Gasteiger charge is 2.40. The Balaban J connectivity index is 1.70. The number of aromatic nitrogens is 1. The van der Waals surface area contributed by atoms with Crippen LogP contribution in [-0.2, 0) is 9.59 Å². The molecule has 0 saturated carbocycles. The third-order valence-corrected chi connectivity index (χ3v) is 5.50. The molecule has 1 saturated heterocycles. The van der Waals surface area contributed by atoms with Crippen LogP contribution >= 0.6 is 0 Å². The van der Waals surface area contributed by atoms with E-state index in [0.29, 0.717) is 5.56 Å². The topological polar surface area (TPSA) is 82.5 Å². The van der Waals surface area contributed by atoms with Crippen molar-refractivity contribution in [1.29, 1.82) is 0 Å². The minimum absolute atomic E-state index is 0.138. The van der Waals surface area contributed by atoms with E-state index in [9.17, 15) is 23.5 Å². The molecule has 0 unspecified atom stereocenters. The number of rotatable bonds is 5. The maximum atomic E-state index is 14.0. The second kappa shape index (κ2) is 9.32. The quantitative estimate of drug-likeness (QED) is 0.737. The first-order valence-corrected chi connectivity index (χ1v) is 10.6. The van der Waals surface area contributed by atoms with Crippen LogP contribution in [0.2, 0.25) is 0 Å². The van der Waals surface area contributed by atoms with E-state index < -0.39 is 29.8 Å². The van der Waals surface area contributed by atoms with Crippen molar-refractivity contribution in [2.45, 2.75) is 58.7 Å². The average molecular weight is 446 g/mol. The van der Waals surface area contributed by atoms with Gasteiger partial charge in [-0.25, -0.2) is 8.78 Å². The molecule has 1 aliphatic heterocycles. The summed E-state index contributed by atoms with van der Waals surface area (Å²) >= 11 is 0. The van der Waals surface area contributed by atoms with Crippen LogP contribution in [0.3, 0.4) is 0 Å². The van der Waals surface area contributed by atoms with Crippen LogP contribution in [-0.4, -0.2) is 45.5 Å². The monoisotopic (exact) mass is 445 g/mol. The van der Waals surface area contributed by atoms with E-state index in [2.05, 4.69) is 10.3 Å². The van der Waals surface area contributed by atoms with E-state index in [1.54, 1.807) is 31.2 Å². The second-order valence-electron chi connectivity index (χ2n) is 9.52. The molecule has 3 rings (SSSR count). The molecule has 3 atom stereocenters. The molecule has 0 aliphatic carbocycles. The fraction of sp³-hybridized carbons (Fsp3) is 0.458. The average Bonchev–Trinajstić information content (AvgIpc) is 3.09. The molecule has 8 heteroatoms. The fourth-order valence-electron chi connectivity index (χ4n) is 3.91. The lowest BCUT2D eigenvalue weighted by molar-refractivity contribution is -0.140. The Kier molecular flexibility index (Phi) is 6.93. The normalized spacial score (nSPS) is 19.7. The molecule has 172 valence electrons. The third-order valence-electron chi connectivity index (χ3n) is 5.50. The summed E-state index contributed by atoms with van der Waals surface area (Å²) in [7, 11) is 0. The number of likely N-dealkylation sites (tertiary alicyclic amines) is 1. The van der Waals surface area contributed by atoms with Gasteiger partial charge in [0.05, 0.1) is 30.1 Å². The molecule has 32 heavy (non-hydrogen) atoms. The number of nitrogens with one attached hydrogen (secondary N) is 1. The van der Waals surface area contributed by atoms with Crippen molar-refractivity contribution in [3.05, 3.63) is 53.9 Å². The van der Waals surface area contributed by atoms with Gasteiger partial charge < -0.3 is 15.3 Å². The lowest BCUT2D eigenvalue weighted by Gasteiger charge is -2.28. The summed E-state index contributed by atoms with van der Waals surface area (Å²) in [6.45, 7) is 7.76. The molecule has 1 aromatic heterocycles. The van der Waals surface area contributed by atoms with Gasteiger partial charge in [-0.3, -0.25) is 14.6 Å². The zero-order valence-corrected chi connectivity index (χ0v) is 18.7. The first kappa shape index (κ1) is 23.8. The number of aliphatic hydroxyl groups is 1. The van der Waals surface area contributed by atoms with Gasteiger partial charge in [0, 0.05) is 19.4 Å². The van der Waals surface area contributed by atoms with Gasteiger partial charge in [-0.2, -0.15) is 0 Å². The van der Waals surface area contributed by atoms with E-state index in [1.807, 2.05) is 20.8 Å². The smallest absolute Gasteiger partial charge is 0.243 e.